The summed E-state index contributed by atoms with van der Waals surface area (Å²) in [7, 11) is 0. The minimum atomic E-state index is -5.08. The number of aliphatic hydroxyl groups is 1. The van der Waals surface area contributed by atoms with Gasteiger partial charge in [-0.15, -0.1) is 0 Å². The van der Waals surface area contributed by atoms with Crippen molar-refractivity contribution in [3.63, 3.8) is 0 Å². The van der Waals surface area contributed by atoms with Crippen molar-refractivity contribution in [2.24, 2.45) is 29.2 Å². The largest absolute Gasteiger partial charge is 0.490 e. The first-order valence-corrected chi connectivity index (χ1v) is 21.8. The topological polar surface area (TPSA) is 413 Å². The van der Waals surface area contributed by atoms with Crippen molar-refractivity contribution >= 4 is 65.2 Å². The molecular formula is C43H65F3N8O16. The van der Waals surface area contributed by atoms with E-state index in [1.54, 1.807) is 58.0 Å². The molecule has 0 saturated heterocycles. The van der Waals surface area contributed by atoms with Crippen molar-refractivity contribution in [3.8, 4) is 0 Å². The zero-order chi connectivity index (χ0) is 54.2. The van der Waals surface area contributed by atoms with E-state index in [1.807, 2.05) is 0 Å². The first kappa shape index (κ1) is 63.1. The fourth-order valence-electron chi connectivity index (χ4n) is 6.19. The Bertz CT molecular complexity index is 1970. The first-order valence-electron chi connectivity index (χ1n) is 21.8. The molecule has 7 amide bonds. The maximum atomic E-state index is 13.6. The van der Waals surface area contributed by atoms with E-state index < -0.39 is 157 Å². The Morgan fingerprint density at radius 3 is 1.59 bits per heavy atom. The average Bonchev–Trinajstić information content (AvgIpc) is 3.24. The maximum Gasteiger partial charge on any atom is 0.490 e. The number of aliphatic carboxylic acids is 4. The molecule has 24 nitrogen and oxygen atoms in total. The van der Waals surface area contributed by atoms with E-state index in [2.05, 4.69) is 31.9 Å². The van der Waals surface area contributed by atoms with Gasteiger partial charge in [-0.05, 0) is 50.0 Å². The van der Waals surface area contributed by atoms with Crippen LogP contribution in [0.1, 0.15) is 92.1 Å². The van der Waals surface area contributed by atoms with Crippen LogP contribution in [0.3, 0.4) is 0 Å². The Balaban J connectivity index is 0.00000628. The number of primary amides is 1. The number of amides is 7. The highest BCUT2D eigenvalue weighted by Crippen LogP contribution is 2.17. The molecule has 27 heteroatoms. The van der Waals surface area contributed by atoms with Crippen LogP contribution in [0.25, 0.3) is 0 Å². The van der Waals surface area contributed by atoms with Gasteiger partial charge in [-0.2, -0.15) is 13.2 Å². The molecule has 0 fully saturated rings. The Kier molecular flexibility index (Phi) is 27.5. The van der Waals surface area contributed by atoms with Gasteiger partial charge in [0.15, 0.2) is 0 Å². The third-order valence-electron chi connectivity index (χ3n) is 10.0. The first-order chi connectivity index (χ1) is 32.3. The minimum absolute atomic E-state index is 0.0978. The van der Waals surface area contributed by atoms with Crippen molar-refractivity contribution in [2.45, 2.75) is 147 Å². The number of hydrogen-bond donors (Lipinski definition) is 13. The van der Waals surface area contributed by atoms with E-state index in [1.165, 1.54) is 13.8 Å². The standard InChI is InChI=1S/C41H64N8O14.C2HF3O2/c1-20(2)16-27(46-39(60)28(19-31(43)51)47-40(61)34(21(3)4)49-37(58)25(42)12-14-32(52)53)30(50)17-22(5)35(56)44-23(6)36(57)45-26(13-15-33(54)55)38(59)48-29(41(62)63)18-24-10-8-7-9-11-24;3-2(4,5)1(6)7/h7-11,20-23,25-30,34,50H,12-19,42H2,1-6H3,(H2,43,51)(H,44,56)(H,45,57)(H,46,60)(H,47,61)(H,48,59)(H,49,58)(H,52,53)(H,54,55)(H,62,63);(H,6,7)/t22-,23+,25+,26+,27+,28-,29+,30+,34+;/m1./s1. The van der Waals surface area contributed by atoms with Gasteiger partial charge < -0.3 is 68.9 Å². The Morgan fingerprint density at radius 1 is 0.614 bits per heavy atom. The van der Waals surface area contributed by atoms with E-state index in [9.17, 15) is 76.4 Å². The van der Waals surface area contributed by atoms with E-state index >= 15 is 0 Å². The Morgan fingerprint density at radius 2 is 1.11 bits per heavy atom. The van der Waals surface area contributed by atoms with Crippen LogP contribution in [0.4, 0.5) is 13.2 Å². The smallest absolute Gasteiger partial charge is 0.481 e. The highest BCUT2D eigenvalue weighted by molar-refractivity contribution is 5.96. The number of rotatable bonds is 29. The average molecular weight is 1010 g/mol. The summed E-state index contributed by atoms with van der Waals surface area (Å²) in [5.41, 5.74) is 11.8. The number of halogens is 3. The number of alkyl halides is 3. The number of nitrogens with one attached hydrogen (secondary N) is 6. The molecule has 9 atom stereocenters. The van der Waals surface area contributed by atoms with Gasteiger partial charge in [-0.1, -0.05) is 65.0 Å². The molecule has 1 rings (SSSR count). The van der Waals surface area contributed by atoms with Crippen LogP contribution in [-0.2, 0) is 59.2 Å². The summed E-state index contributed by atoms with van der Waals surface area (Å²) >= 11 is 0. The van der Waals surface area contributed by atoms with Crippen molar-refractivity contribution in [2.75, 3.05) is 0 Å². The lowest BCUT2D eigenvalue weighted by atomic mass is 9.92. The molecule has 0 radical (unpaired) electrons. The van der Waals surface area contributed by atoms with E-state index in [0.29, 0.717) is 5.56 Å². The minimum Gasteiger partial charge on any atom is -0.481 e. The summed E-state index contributed by atoms with van der Waals surface area (Å²) in [6, 6.07) is -0.933. The van der Waals surface area contributed by atoms with Crippen molar-refractivity contribution in [1.29, 1.82) is 0 Å². The lowest BCUT2D eigenvalue weighted by molar-refractivity contribution is -0.192. The SMILES string of the molecule is CC(C)C[C@H](NC(=O)[C@@H](CC(N)=O)NC(=O)[C@@H](NC(=O)[C@@H](N)CCC(=O)O)C(C)C)[C@@H](O)C[C@@H](C)C(=O)N[C@@H](C)C(=O)N[C@@H](CCC(=O)O)C(=O)N[C@@H](Cc1ccccc1)C(=O)O.O=C(O)C(F)(F)F. The third kappa shape index (κ3) is 25.5. The number of aliphatic hydroxyl groups excluding tert-OH is 1. The van der Waals surface area contributed by atoms with Gasteiger partial charge in [0, 0.05) is 25.2 Å². The second-order valence-electron chi connectivity index (χ2n) is 17.1. The van der Waals surface area contributed by atoms with E-state index in [-0.39, 0.29) is 31.6 Å². The normalized spacial score (nSPS) is 15.0. The predicted octanol–water partition coefficient (Wildman–Crippen LogP) is -1.10. The van der Waals surface area contributed by atoms with Crippen molar-refractivity contribution in [1.82, 2.24) is 31.9 Å². The number of carbonyl (C=O) groups excluding carboxylic acids is 7. The fourth-order valence-corrected chi connectivity index (χ4v) is 6.19. The zero-order valence-electron chi connectivity index (χ0n) is 39.4. The van der Waals surface area contributed by atoms with Gasteiger partial charge in [0.05, 0.1) is 24.6 Å². The molecule has 0 spiro atoms. The number of carboxylic acid groups (broad SMARTS) is 4. The maximum absolute atomic E-state index is 13.6. The molecule has 70 heavy (non-hydrogen) atoms. The van der Waals surface area contributed by atoms with Crippen molar-refractivity contribution < 1.29 is 91.4 Å². The highest BCUT2D eigenvalue weighted by atomic mass is 19.4. The van der Waals surface area contributed by atoms with Gasteiger partial charge in [0.25, 0.3) is 0 Å². The quantitative estimate of drug-likeness (QED) is 0.0453. The fraction of sp³-hybridized carbons (Fsp3) is 0.605. The Labute approximate surface area is 400 Å². The van der Waals surface area contributed by atoms with Crippen LogP contribution >= 0.6 is 0 Å². The van der Waals surface area contributed by atoms with Gasteiger partial charge in [-0.3, -0.25) is 43.2 Å². The van der Waals surface area contributed by atoms with Crippen LogP contribution < -0.4 is 43.4 Å². The zero-order valence-corrected chi connectivity index (χ0v) is 39.4. The molecule has 1 aromatic rings. The van der Waals surface area contributed by atoms with Gasteiger partial charge in [0.1, 0.15) is 30.2 Å². The number of carbonyl (C=O) groups is 11. The molecule has 0 unspecified atom stereocenters. The lowest BCUT2D eigenvalue weighted by Crippen LogP contribution is -2.59. The molecule has 0 saturated carbocycles. The molecule has 0 aliphatic rings. The van der Waals surface area contributed by atoms with E-state index in [0.717, 1.165) is 0 Å². The van der Waals surface area contributed by atoms with Crippen LogP contribution in [0.2, 0.25) is 0 Å². The second-order valence-corrected chi connectivity index (χ2v) is 17.1. The summed E-state index contributed by atoms with van der Waals surface area (Å²) in [6.45, 7) is 9.47. The molecule has 0 aromatic heterocycles. The van der Waals surface area contributed by atoms with Crippen LogP contribution in [-0.4, -0.2) is 145 Å². The summed E-state index contributed by atoms with van der Waals surface area (Å²) in [6.07, 6.45) is -8.93. The van der Waals surface area contributed by atoms with Gasteiger partial charge >= 0.3 is 30.1 Å². The third-order valence-corrected chi connectivity index (χ3v) is 10.0. The van der Waals surface area contributed by atoms with Crippen molar-refractivity contribution in [3.05, 3.63) is 35.9 Å². The molecule has 0 aliphatic carbocycles. The molecule has 0 bridgehead atoms. The number of hydrogen-bond acceptors (Lipinski definition) is 13. The molecular weight excluding hydrogens is 942 g/mol. The van der Waals surface area contributed by atoms with Crippen LogP contribution in [0.5, 0.6) is 0 Å². The summed E-state index contributed by atoms with van der Waals surface area (Å²) in [4.78, 5) is 134. The molecule has 0 aliphatic heterocycles. The molecule has 1 aromatic carbocycles. The number of nitrogens with two attached hydrogens (primary N) is 2. The summed E-state index contributed by atoms with van der Waals surface area (Å²) < 4.78 is 31.7. The molecule has 15 N–H and O–H groups in total. The second kappa shape index (κ2) is 30.6. The van der Waals surface area contributed by atoms with Gasteiger partial charge in [-0.25, -0.2) is 9.59 Å². The summed E-state index contributed by atoms with van der Waals surface area (Å²) in [5.74, 6) is -14.4. The number of benzene rings is 1. The summed E-state index contributed by atoms with van der Waals surface area (Å²) in [5, 5.41) is 60.9. The van der Waals surface area contributed by atoms with Crippen LogP contribution in [0, 0.1) is 17.8 Å². The monoisotopic (exact) mass is 1010 g/mol. The van der Waals surface area contributed by atoms with Gasteiger partial charge in [0.2, 0.25) is 41.4 Å². The highest BCUT2D eigenvalue weighted by Gasteiger charge is 2.38. The molecule has 394 valence electrons. The lowest BCUT2D eigenvalue weighted by Gasteiger charge is -2.30. The van der Waals surface area contributed by atoms with Crippen LogP contribution in [0.15, 0.2) is 30.3 Å². The Hall–Kier alpha value is -6.90. The molecule has 0 heterocycles. The predicted molar refractivity (Wildman–Crippen MR) is 238 cm³/mol. The number of carboxylic acids is 4. The van der Waals surface area contributed by atoms with E-state index in [4.69, 9.17) is 26.5 Å².